The Morgan fingerprint density at radius 1 is 1.47 bits per heavy atom. The minimum absolute atomic E-state index is 0.175. The highest BCUT2D eigenvalue weighted by Gasteiger charge is 2.27. The summed E-state index contributed by atoms with van der Waals surface area (Å²) in [6.45, 7) is 5.93. The molecule has 0 radical (unpaired) electrons. The monoisotopic (exact) mass is 269 g/mol. The van der Waals surface area contributed by atoms with Crippen molar-refractivity contribution in [3.05, 3.63) is 0 Å². The third kappa shape index (κ3) is 5.09. The van der Waals surface area contributed by atoms with Gasteiger partial charge in [-0.05, 0) is 38.6 Å². The standard InChI is InChI=1S/C14H27N3O2/c1-2-17(10-12-4-3-9-19-12)8-7-13(14(15)18)16-11-5-6-11/h11-13,16H,2-10H2,1H3,(H2,15,18). The summed E-state index contributed by atoms with van der Waals surface area (Å²) in [5.74, 6) is -0.222. The van der Waals surface area contributed by atoms with Gasteiger partial charge in [0.1, 0.15) is 0 Å². The Morgan fingerprint density at radius 3 is 2.79 bits per heavy atom. The van der Waals surface area contributed by atoms with E-state index in [4.69, 9.17) is 10.5 Å². The van der Waals surface area contributed by atoms with Crippen LogP contribution >= 0.6 is 0 Å². The van der Waals surface area contributed by atoms with Crippen LogP contribution in [0.5, 0.6) is 0 Å². The Balaban J connectivity index is 1.71. The summed E-state index contributed by atoms with van der Waals surface area (Å²) < 4.78 is 5.67. The van der Waals surface area contributed by atoms with Gasteiger partial charge in [-0.15, -0.1) is 0 Å². The largest absolute Gasteiger partial charge is 0.377 e. The van der Waals surface area contributed by atoms with E-state index in [2.05, 4.69) is 17.1 Å². The summed E-state index contributed by atoms with van der Waals surface area (Å²) in [7, 11) is 0. The Hall–Kier alpha value is -0.650. The van der Waals surface area contributed by atoms with Gasteiger partial charge in [-0.1, -0.05) is 6.92 Å². The molecule has 1 aliphatic carbocycles. The molecule has 1 amide bonds. The number of hydrogen-bond acceptors (Lipinski definition) is 4. The van der Waals surface area contributed by atoms with Crippen molar-refractivity contribution in [3.8, 4) is 0 Å². The molecule has 1 saturated heterocycles. The predicted molar refractivity (Wildman–Crippen MR) is 74.8 cm³/mol. The molecule has 2 unspecified atom stereocenters. The number of carbonyl (C=O) groups excluding carboxylic acids is 1. The molecule has 2 rings (SSSR count). The summed E-state index contributed by atoms with van der Waals surface area (Å²) in [5.41, 5.74) is 5.46. The number of hydrogen-bond donors (Lipinski definition) is 2. The lowest BCUT2D eigenvalue weighted by Crippen LogP contribution is -2.45. The van der Waals surface area contributed by atoms with Crippen molar-refractivity contribution in [2.45, 2.75) is 57.2 Å². The molecular weight excluding hydrogens is 242 g/mol. The van der Waals surface area contributed by atoms with Crippen molar-refractivity contribution >= 4 is 5.91 Å². The fraction of sp³-hybridized carbons (Fsp3) is 0.929. The number of primary amides is 1. The quantitative estimate of drug-likeness (QED) is 0.639. The molecule has 1 heterocycles. The highest BCUT2D eigenvalue weighted by atomic mass is 16.5. The van der Waals surface area contributed by atoms with Crippen LogP contribution in [-0.4, -0.2) is 55.2 Å². The number of amides is 1. The SMILES string of the molecule is CCN(CCC(NC1CC1)C(N)=O)CC1CCCO1. The van der Waals surface area contributed by atoms with E-state index in [0.29, 0.717) is 12.1 Å². The van der Waals surface area contributed by atoms with Crippen molar-refractivity contribution in [2.75, 3.05) is 26.2 Å². The molecule has 19 heavy (non-hydrogen) atoms. The molecule has 5 heteroatoms. The van der Waals surface area contributed by atoms with Crippen LogP contribution in [0, 0.1) is 0 Å². The minimum Gasteiger partial charge on any atom is -0.377 e. The first-order chi connectivity index (χ1) is 9.19. The Morgan fingerprint density at radius 2 is 2.26 bits per heavy atom. The third-order valence-corrected chi connectivity index (χ3v) is 4.02. The highest BCUT2D eigenvalue weighted by molar-refractivity contribution is 5.79. The molecule has 0 spiro atoms. The van der Waals surface area contributed by atoms with E-state index in [-0.39, 0.29) is 11.9 Å². The van der Waals surface area contributed by atoms with E-state index >= 15 is 0 Å². The van der Waals surface area contributed by atoms with Gasteiger partial charge in [-0.25, -0.2) is 0 Å². The number of carbonyl (C=O) groups is 1. The van der Waals surface area contributed by atoms with E-state index in [0.717, 1.165) is 39.1 Å². The first kappa shape index (κ1) is 14.8. The fourth-order valence-electron chi connectivity index (χ4n) is 2.61. The summed E-state index contributed by atoms with van der Waals surface area (Å²) >= 11 is 0. The topological polar surface area (TPSA) is 67.6 Å². The Labute approximate surface area is 115 Å². The van der Waals surface area contributed by atoms with Gasteiger partial charge in [-0.2, -0.15) is 0 Å². The lowest BCUT2D eigenvalue weighted by molar-refractivity contribution is -0.120. The number of nitrogens with two attached hydrogens (primary N) is 1. The molecule has 110 valence electrons. The molecule has 2 aliphatic rings. The number of ether oxygens (including phenoxy) is 1. The van der Waals surface area contributed by atoms with Crippen LogP contribution < -0.4 is 11.1 Å². The maximum atomic E-state index is 11.4. The lowest BCUT2D eigenvalue weighted by atomic mass is 10.1. The second kappa shape index (κ2) is 7.22. The highest BCUT2D eigenvalue weighted by Crippen LogP contribution is 2.20. The molecule has 0 bridgehead atoms. The molecule has 0 aromatic carbocycles. The Bertz CT molecular complexity index is 288. The molecule has 1 aliphatic heterocycles. The van der Waals surface area contributed by atoms with Gasteiger partial charge >= 0.3 is 0 Å². The van der Waals surface area contributed by atoms with Crippen LogP contribution in [-0.2, 0) is 9.53 Å². The Kier molecular flexibility index (Phi) is 5.60. The van der Waals surface area contributed by atoms with Crippen LogP contribution in [0.1, 0.15) is 39.0 Å². The number of likely N-dealkylation sites (N-methyl/N-ethyl adjacent to an activating group) is 1. The maximum absolute atomic E-state index is 11.4. The minimum atomic E-state index is -0.222. The summed E-state index contributed by atoms with van der Waals surface area (Å²) in [4.78, 5) is 13.8. The van der Waals surface area contributed by atoms with Crippen LogP contribution in [0.15, 0.2) is 0 Å². The number of nitrogens with one attached hydrogen (secondary N) is 1. The molecule has 2 fully saturated rings. The van der Waals surface area contributed by atoms with Crippen molar-refractivity contribution in [2.24, 2.45) is 5.73 Å². The summed E-state index contributed by atoms with van der Waals surface area (Å²) in [5, 5.41) is 3.33. The fourth-order valence-corrected chi connectivity index (χ4v) is 2.61. The zero-order chi connectivity index (χ0) is 13.7. The van der Waals surface area contributed by atoms with Crippen LogP contribution in [0.3, 0.4) is 0 Å². The van der Waals surface area contributed by atoms with Gasteiger partial charge in [0.2, 0.25) is 5.91 Å². The van der Waals surface area contributed by atoms with E-state index < -0.39 is 0 Å². The zero-order valence-corrected chi connectivity index (χ0v) is 11.9. The van der Waals surface area contributed by atoms with E-state index in [1.807, 2.05) is 0 Å². The number of nitrogens with zero attached hydrogens (tertiary/aromatic N) is 1. The zero-order valence-electron chi connectivity index (χ0n) is 11.9. The average molecular weight is 269 g/mol. The maximum Gasteiger partial charge on any atom is 0.234 e. The van der Waals surface area contributed by atoms with Gasteiger partial charge in [0.25, 0.3) is 0 Å². The molecule has 0 aromatic rings. The van der Waals surface area contributed by atoms with E-state index in [9.17, 15) is 4.79 Å². The molecule has 2 atom stereocenters. The third-order valence-electron chi connectivity index (χ3n) is 4.02. The normalized spacial score (nSPS) is 24.8. The van der Waals surface area contributed by atoms with Gasteiger partial charge < -0.3 is 20.7 Å². The smallest absolute Gasteiger partial charge is 0.234 e. The van der Waals surface area contributed by atoms with Gasteiger partial charge in [-0.3, -0.25) is 4.79 Å². The molecule has 3 N–H and O–H groups in total. The average Bonchev–Trinajstić information content (AvgIpc) is 3.06. The van der Waals surface area contributed by atoms with Crippen LogP contribution in [0.2, 0.25) is 0 Å². The van der Waals surface area contributed by atoms with Crippen molar-refractivity contribution < 1.29 is 9.53 Å². The second-order valence-electron chi connectivity index (χ2n) is 5.71. The van der Waals surface area contributed by atoms with Crippen LogP contribution in [0.25, 0.3) is 0 Å². The van der Waals surface area contributed by atoms with E-state index in [1.54, 1.807) is 0 Å². The first-order valence-corrected chi connectivity index (χ1v) is 7.58. The van der Waals surface area contributed by atoms with Gasteiger partial charge in [0.15, 0.2) is 0 Å². The van der Waals surface area contributed by atoms with Crippen molar-refractivity contribution in [1.29, 1.82) is 0 Å². The predicted octanol–water partition coefficient (Wildman–Crippen LogP) is 0.483. The lowest BCUT2D eigenvalue weighted by Gasteiger charge is -2.25. The van der Waals surface area contributed by atoms with Crippen molar-refractivity contribution in [3.63, 3.8) is 0 Å². The van der Waals surface area contributed by atoms with Gasteiger partial charge in [0.05, 0.1) is 12.1 Å². The second-order valence-corrected chi connectivity index (χ2v) is 5.71. The van der Waals surface area contributed by atoms with E-state index in [1.165, 1.54) is 19.3 Å². The van der Waals surface area contributed by atoms with Crippen molar-refractivity contribution in [1.82, 2.24) is 10.2 Å². The molecule has 5 nitrogen and oxygen atoms in total. The molecule has 0 aromatic heterocycles. The summed E-state index contributed by atoms with van der Waals surface area (Å²) in [6, 6.07) is 0.344. The molecular formula is C14H27N3O2. The first-order valence-electron chi connectivity index (χ1n) is 7.58. The molecule has 1 saturated carbocycles. The number of rotatable bonds is 9. The van der Waals surface area contributed by atoms with Crippen LogP contribution in [0.4, 0.5) is 0 Å². The van der Waals surface area contributed by atoms with Gasteiger partial charge in [0, 0.05) is 25.7 Å². The summed E-state index contributed by atoms with van der Waals surface area (Å²) in [6.07, 6.45) is 5.87.